The van der Waals surface area contributed by atoms with E-state index in [1.165, 1.54) is 49.4 Å². The lowest BCUT2D eigenvalue weighted by Crippen LogP contribution is -2.32. The van der Waals surface area contributed by atoms with Gasteiger partial charge in [0.25, 0.3) is 10.0 Å². The van der Waals surface area contributed by atoms with Crippen molar-refractivity contribution in [1.82, 2.24) is 4.72 Å². The molecule has 0 spiro atoms. The number of halogens is 3. The molecule has 0 radical (unpaired) electrons. The number of anilines is 1. The zero-order chi connectivity index (χ0) is 21.4. The zero-order valence-electron chi connectivity index (χ0n) is 15.2. The van der Waals surface area contributed by atoms with Crippen LogP contribution in [0.2, 0.25) is 0 Å². The Morgan fingerprint density at radius 3 is 2.24 bits per heavy atom. The van der Waals surface area contributed by atoms with Gasteiger partial charge >= 0.3 is 6.18 Å². The minimum absolute atomic E-state index is 0.0165. The van der Waals surface area contributed by atoms with Crippen molar-refractivity contribution in [2.24, 2.45) is 5.92 Å². The number of rotatable bonds is 5. The van der Waals surface area contributed by atoms with Crippen molar-refractivity contribution < 1.29 is 31.2 Å². The number of nitrogens with one attached hydrogen (secondary N) is 2. The van der Waals surface area contributed by atoms with Crippen molar-refractivity contribution in [2.45, 2.75) is 30.3 Å². The predicted molar refractivity (Wildman–Crippen MR) is 98.4 cm³/mol. The Bertz CT molecular complexity index is 1050. The van der Waals surface area contributed by atoms with Crippen molar-refractivity contribution >= 4 is 27.5 Å². The number of carbonyl (C=O) groups excluding carboxylic acids is 2. The molecule has 2 aromatic carbocycles. The van der Waals surface area contributed by atoms with Crippen LogP contribution in [0.1, 0.15) is 30.4 Å². The molecule has 154 valence electrons. The molecule has 0 aliphatic heterocycles. The number of hydrogen-bond donors (Lipinski definition) is 2. The molecule has 2 amide bonds. The zero-order valence-corrected chi connectivity index (χ0v) is 16.0. The molecule has 0 heterocycles. The largest absolute Gasteiger partial charge is 0.416 e. The predicted octanol–water partition coefficient (Wildman–Crippen LogP) is 3.27. The van der Waals surface area contributed by atoms with E-state index in [-0.39, 0.29) is 22.8 Å². The second kappa shape index (κ2) is 7.51. The monoisotopic (exact) mass is 426 g/mol. The molecule has 0 saturated heterocycles. The van der Waals surface area contributed by atoms with Crippen LogP contribution in [-0.4, -0.2) is 20.2 Å². The van der Waals surface area contributed by atoms with Gasteiger partial charge in [-0.25, -0.2) is 13.1 Å². The summed E-state index contributed by atoms with van der Waals surface area (Å²) in [5, 5.41) is 2.48. The number of benzene rings is 2. The third-order valence-corrected chi connectivity index (χ3v) is 5.88. The smallest absolute Gasteiger partial charge is 0.326 e. The summed E-state index contributed by atoms with van der Waals surface area (Å²) in [6, 6.07) is 10.1. The van der Waals surface area contributed by atoms with Crippen LogP contribution >= 0.6 is 0 Å². The molecule has 29 heavy (non-hydrogen) atoms. The lowest BCUT2D eigenvalue weighted by molar-refractivity contribution is -0.138. The van der Waals surface area contributed by atoms with E-state index < -0.39 is 39.5 Å². The van der Waals surface area contributed by atoms with Crippen molar-refractivity contribution in [2.75, 3.05) is 5.32 Å². The highest BCUT2D eigenvalue weighted by atomic mass is 32.2. The maximum atomic E-state index is 13.1. The average Bonchev–Trinajstić information content (AvgIpc) is 3.41. The molecular formula is C19H17F3N2O4S. The number of sulfonamides is 1. The number of amides is 2. The molecule has 1 fully saturated rings. The van der Waals surface area contributed by atoms with Crippen molar-refractivity contribution in [3.05, 3.63) is 59.7 Å². The summed E-state index contributed by atoms with van der Waals surface area (Å²) < 4.78 is 66.1. The van der Waals surface area contributed by atoms with E-state index in [9.17, 15) is 31.2 Å². The van der Waals surface area contributed by atoms with Gasteiger partial charge in [0.15, 0.2) is 0 Å². The first kappa shape index (κ1) is 20.8. The molecule has 2 N–H and O–H groups in total. The van der Waals surface area contributed by atoms with E-state index in [1.807, 2.05) is 4.72 Å². The maximum Gasteiger partial charge on any atom is 0.416 e. The van der Waals surface area contributed by atoms with Gasteiger partial charge in [-0.2, -0.15) is 13.2 Å². The molecule has 0 aromatic heterocycles. The third kappa shape index (κ3) is 4.76. The Balaban J connectivity index is 1.71. The molecule has 10 heteroatoms. The normalized spacial score (nSPS) is 18.8. The minimum atomic E-state index is -4.55. The van der Waals surface area contributed by atoms with Crippen LogP contribution in [0.15, 0.2) is 53.4 Å². The summed E-state index contributed by atoms with van der Waals surface area (Å²) in [6.07, 6.45) is -4.42. The third-order valence-electron chi connectivity index (χ3n) is 4.51. The number of hydrogen-bond acceptors (Lipinski definition) is 4. The van der Waals surface area contributed by atoms with Crippen molar-refractivity contribution in [3.63, 3.8) is 0 Å². The van der Waals surface area contributed by atoms with Crippen molar-refractivity contribution in [1.29, 1.82) is 0 Å². The molecule has 2 unspecified atom stereocenters. The van der Waals surface area contributed by atoms with Crippen LogP contribution in [0.5, 0.6) is 0 Å². The summed E-state index contributed by atoms with van der Waals surface area (Å²) in [4.78, 5) is 23.1. The highest BCUT2D eigenvalue weighted by Gasteiger charge is 2.48. The Kier molecular flexibility index (Phi) is 5.40. The van der Waals surface area contributed by atoms with Crippen LogP contribution < -0.4 is 10.0 Å². The van der Waals surface area contributed by atoms with Gasteiger partial charge in [-0.1, -0.05) is 18.2 Å². The summed E-state index contributed by atoms with van der Waals surface area (Å²) in [6.45, 7) is 1.30. The quantitative estimate of drug-likeness (QED) is 0.768. The van der Waals surface area contributed by atoms with E-state index >= 15 is 0 Å². The standard InChI is InChI=1S/C19H17F3N2O4S/c1-11(25)23-12-6-8-13(9-7-12)29(27,28)24-18(26)16-10-15(16)14-4-2-3-5-17(14)19(20,21)22/h2-9,15-16H,10H2,1H3,(H,23,25)(H,24,26). The van der Waals surface area contributed by atoms with Crippen LogP contribution in [0.4, 0.5) is 18.9 Å². The van der Waals surface area contributed by atoms with Gasteiger partial charge < -0.3 is 5.32 Å². The highest BCUT2D eigenvalue weighted by molar-refractivity contribution is 7.90. The van der Waals surface area contributed by atoms with E-state index in [2.05, 4.69) is 5.32 Å². The SMILES string of the molecule is CC(=O)Nc1ccc(S(=O)(=O)NC(=O)C2CC2c2ccccc2C(F)(F)F)cc1. The van der Waals surface area contributed by atoms with Gasteiger partial charge in [0, 0.05) is 18.5 Å². The summed E-state index contributed by atoms with van der Waals surface area (Å²) in [5.74, 6) is -2.72. The van der Waals surface area contributed by atoms with E-state index in [4.69, 9.17) is 0 Å². The summed E-state index contributed by atoms with van der Waals surface area (Å²) in [7, 11) is -4.19. The fourth-order valence-electron chi connectivity index (χ4n) is 3.09. The first-order chi connectivity index (χ1) is 13.5. The summed E-state index contributed by atoms with van der Waals surface area (Å²) in [5.41, 5.74) is -0.456. The Morgan fingerprint density at radius 1 is 1.03 bits per heavy atom. The Hall–Kier alpha value is -2.88. The van der Waals surface area contributed by atoms with Gasteiger partial charge in [-0.15, -0.1) is 0 Å². The van der Waals surface area contributed by atoms with Gasteiger partial charge in [0.05, 0.1) is 10.5 Å². The second-order valence-corrected chi connectivity index (χ2v) is 8.39. The lowest BCUT2D eigenvalue weighted by atomic mass is 10.0. The molecule has 2 atom stereocenters. The molecule has 1 aliphatic rings. The molecule has 3 rings (SSSR count). The van der Waals surface area contributed by atoms with Crippen LogP contribution in [0, 0.1) is 5.92 Å². The maximum absolute atomic E-state index is 13.1. The van der Waals surface area contributed by atoms with Crippen LogP contribution in [0.25, 0.3) is 0 Å². The molecule has 0 bridgehead atoms. The summed E-state index contributed by atoms with van der Waals surface area (Å²) >= 11 is 0. The molecule has 1 saturated carbocycles. The number of alkyl halides is 3. The fraction of sp³-hybridized carbons (Fsp3) is 0.263. The first-order valence-corrected chi connectivity index (χ1v) is 10.1. The van der Waals surface area contributed by atoms with Crippen molar-refractivity contribution in [3.8, 4) is 0 Å². The molecule has 1 aliphatic carbocycles. The molecule has 2 aromatic rings. The fourth-order valence-corrected chi connectivity index (χ4v) is 4.12. The van der Waals surface area contributed by atoms with E-state index in [1.54, 1.807) is 0 Å². The number of carbonyl (C=O) groups is 2. The first-order valence-electron chi connectivity index (χ1n) is 8.59. The molecular weight excluding hydrogens is 409 g/mol. The lowest BCUT2D eigenvalue weighted by Gasteiger charge is -2.12. The molecule has 6 nitrogen and oxygen atoms in total. The topological polar surface area (TPSA) is 92.3 Å². The van der Waals surface area contributed by atoms with Gasteiger partial charge in [-0.05, 0) is 48.2 Å². The minimum Gasteiger partial charge on any atom is -0.326 e. The highest BCUT2D eigenvalue weighted by Crippen LogP contribution is 2.51. The van der Waals surface area contributed by atoms with Crippen LogP contribution in [0.3, 0.4) is 0 Å². The van der Waals surface area contributed by atoms with Gasteiger partial charge in [0.1, 0.15) is 0 Å². The second-order valence-electron chi connectivity index (χ2n) is 6.71. The average molecular weight is 426 g/mol. The Labute approximate surface area is 165 Å². The van der Waals surface area contributed by atoms with E-state index in [0.29, 0.717) is 5.69 Å². The van der Waals surface area contributed by atoms with Gasteiger partial charge in [0.2, 0.25) is 11.8 Å². The van der Waals surface area contributed by atoms with Crippen LogP contribution in [-0.2, 0) is 25.8 Å². The Morgan fingerprint density at radius 2 is 1.66 bits per heavy atom. The van der Waals surface area contributed by atoms with E-state index in [0.717, 1.165) is 6.07 Å². The van der Waals surface area contributed by atoms with Gasteiger partial charge in [-0.3, -0.25) is 9.59 Å².